The average Bonchev–Trinajstić information content (AvgIpc) is 2.43. The van der Waals surface area contributed by atoms with Crippen LogP contribution in [0.3, 0.4) is 0 Å². The Bertz CT molecular complexity index is 584. The number of hydrogen-bond donors (Lipinski definition) is 1. The van der Waals surface area contributed by atoms with Gasteiger partial charge in [0.15, 0.2) is 0 Å². The van der Waals surface area contributed by atoms with E-state index < -0.39 is 29.4 Å². The van der Waals surface area contributed by atoms with E-state index in [1.807, 2.05) is 0 Å². The van der Waals surface area contributed by atoms with Crippen LogP contribution < -0.4 is 5.43 Å². The first kappa shape index (κ1) is 22.3. The minimum absolute atomic E-state index is 0.175. The molecule has 0 saturated heterocycles. The van der Waals surface area contributed by atoms with Gasteiger partial charge in [-0.2, -0.15) is 10.5 Å². The van der Waals surface area contributed by atoms with Crippen molar-refractivity contribution in [3.05, 3.63) is 11.6 Å². The van der Waals surface area contributed by atoms with E-state index in [4.69, 9.17) is 20.0 Å². The molecule has 0 aliphatic rings. The fraction of sp³-hybridized carbons (Fsp3) is 0.647. The van der Waals surface area contributed by atoms with Crippen molar-refractivity contribution in [1.82, 2.24) is 10.4 Å². The molecule has 0 aliphatic heterocycles. The standard InChI is InChI=1S/C17H26N4O4/c1-8-13(9-12(10-18)11-19)21(15(23)25-17(5,6)7)20-14(22)24-16(2,3)4/h9,13H,8H2,1-7H3,(H,20,22)/t13-/m0/s1. The summed E-state index contributed by atoms with van der Waals surface area (Å²) in [5.41, 5.74) is 0.610. The van der Waals surface area contributed by atoms with Crippen LogP contribution in [0.1, 0.15) is 54.9 Å². The van der Waals surface area contributed by atoms with Crippen LogP contribution in [0.2, 0.25) is 0 Å². The van der Waals surface area contributed by atoms with Gasteiger partial charge in [0, 0.05) is 0 Å². The number of nitrogens with zero attached hydrogens (tertiary/aromatic N) is 3. The summed E-state index contributed by atoms with van der Waals surface area (Å²) in [4.78, 5) is 24.5. The van der Waals surface area contributed by atoms with Crippen LogP contribution in [-0.4, -0.2) is 34.4 Å². The van der Waals surface area contributed by atoms with Crippen molar-refractivity contribution in [2.45, 2.75) is 72.1 Å². The van der Waals surface area contributed by atoms with Crippen molar-refractivity contribution in [2.75, 3.05) is 0 Å². The van der Waals surface area contributed by atoms with Gasteiger partial charge in [-0.1, -0.05) is 6.92 Å². The van der Waals surface area contributed by atoms with Crippen molar-refractivity contribution < 1.29 is 19.1 Å². The van der Waals surface area contributed by atoms with E-state index in [-0.39, 0.29) is 5.57 Å². The van der Waals surface area contributed by atoms with Gasteiger partial charge in [-0.3, -0.25) is 0 Å². The molecule has 0 saturated carbocycles. The predicted octanol–water partition coefficient (Wildman–Crippen LogP) is 3.42. The van der Waals surface area contributed by atoms with Gasteiger partial charge in [0.05, 0.1) is 6.04 Å². The first-order chi connectivity index (χ1) is 11.3. The number of ether oxygens (including phenoxy) is 2. The van der Waals surface area contributed by atoms with E-state index in [1.54, 1.807) is 60.6 Å². The van der Waals surface area contributed by atoms with Crippen LogP contribution in [0.4, 0.5) is 9.59 Å². The molecule has 8 nitrogen and oxygen atoms in total. The van der Waals surface area contributed by atoms with Crippen molar-refractivity contribution in [2.24, 2.45) is 0 Å². The van der Waals surface area contributed by atoms with Crippen LogP contribution in [0.25, 0.3) is 0 Å². The Labute approximate surface area is 149 Å². The Hall–Kier alpha value is -2.74. The summed E-state index contributed by atoms with van der Waals surface area (Å²) >= 11 is 0. The summed E-state index contributed by atoms with van der Waals surface area (Å²) in [5.74, 6) is 0. The zero-order valence-corrected chi connectivity index (χ0v) is 15.8. The lowest BCUT2D eigenvalue weighted by molar-refractivity contribution is -0.00526. The summed E-state index contributed by atoms with van der Waals surface area (Å²) in [6, 6.07) is 2.70. The number of amides is 2. The zero-order valence-electron chi connectivity index (χ0n) is 15.8. The molecular formula is C17H26N4O4. The van der Waals surface area contributed by atoms with Gasteiger partial charge in [-0.25, -0.2) is 20.0 Å². The van der Waals surface area contributed by atoms with Gasteiger partial charge in [-0.15, -0.1) is 0 Å². The van der Waals surface area contributed by atoms with Gasteiger partial charge < -0.3 is 9.47 Å². The predicted molar refractivity (Wildman–Crippen MR) is 90.8 cm³/mol. The van der Waals surface area contributed by atoms with E-state index >= 15 is 0 Å². The van der Waals surface area contributed by atoms with Gasteiger partial charge in [0.2, 0.25) is 0 Å². The number of nitriles is 2. The molecule has 0 radical (unpaired) electrons. The molecule has 8 heteroatoms. The molecule has 0 aromatic rings. The second-order valence-electron chi connectivity index (χ2n) is 7.24. The van der Waals surface area contributed by atoms with Crippen LogP contribution in [0, 0.1) is 22.7 Å². The molecule has 0 heterocycles. The highest BCUT2D eigenvalue weighted by Gasteiger charge is 2.30. The molecule has 2 amide bonds. The Morgan fingerprint density at radius 1 is 1.08 bits per heavy atom. The molecule has 138 valence electrons. The van der Waals surface area contributed by atoms with E-state index in [2.05, 4.69) is 5.43 Å². The molecule has 0 aromatic carbocycles. The highest BCUT2D eigenvalue weighted by Crippen LogP contribution is 2.15. The lowest BCUT2D eigenvalue weighted by atomic mass is 10.1. The van der Waals surface area contributed by atoms with Crippen LogP contribution in [0.15, 0.2) is 11.6 Å². The number of allylic oxidation sites excluding steroid dienone is 1. The number of carbonyl (C=O) groups excluding carboxylic acids is 2. The number of hydrazine groups is 1. The molecule has 0 aromatic heterocycles. The minimum Gasteiger partial charge on any atom is -0.443 e. The van der Waals surface area contributed by atoms with E-state index in [9.17, 15) is 9.59 Å². The van der Waals surface area contributed by atoms with Crippen LogP contribution in [-0.2, 0) is 9.47 Å². The number of rotatable bonds is 3. The molecule has 0 unspecified atom stereocenters. The summed E-state index contributed by atoms with van der Waals surface area (Å²) in [7, 11) is 0. The fourth-order valence-electron chi connectivity index (χ4n) is 1.64. The van der Waals surface area contributed by atoms with E-state index in [0.29, 0.717) is 6.42 Å². The molecule has 0 fully saturated rings. The first-order valence-electron chi connectivity index (χ1n) is 7.86. The summed E-state index contributed by atoms with van der Waals surface area (Å²) in [6.07, 6.45) is -0.0409. The average molecular weight is 350 g/mol. The number of hydrogen-bond acceptors (Lipinski definition) is 6. The normalized spacial score (nSPS) is 12.0. The second kappa shape index (κ2) is 8.93. The summed E-state index contributed by atoms with van der Waals surface area (Å²) in [5, 5.41) is 18.8. The third-order valence-electron chi connectivity index (χ3n) is 2.55. The Kier molecular flexibility index (Phi) is 7.95. The molecule has 0 aliphatic carbocycles. The Balaban J connectivity index is 5.62. The highest BCUT2D eigenvalue weighted by atomic mass is 16.6. The summed E-state index contributed by atoms with van der Waals surface area (Å²) < 4.78 is 10.4. The fourth-order valence-corrected chi connectivity index (χ4v) is 1.64. The number of nitrogens with one attached hydrogen (secondary N) is 1. The largest absolute Gasteiger partial charge is 0.443 e. The van der Waals surface area contributed by atoms with Gasteiger partial charge in [-0.05, 0) is 54.0 Å². The molecule has 0 spiro atoms. The van der Waals surface area contributed by atoms with E-state index in [1.165, 1.54) is 6.08 Å². The smallest absolute Gasteiger partial charge is 0.429 e. The molecule has 0 rings (SSSR count). The maximum absolute atomic E-state index is 12.5. The maximum Gasteiger partial charge on any atom is 0.429 e. The minimum atomic E-state index is -0.847. The quantitative estimate of drug-likeness (QED) is 0.616. The molecule has 25 heavy (non-hydrogen) atoms. The summed E-state index contributed by atoms with van der Waals surface area (Å²) in [6.45, 7) is 11.8. The molecule has 1 N–H and O–H groups in total. The van der Waals surface area contributed by atoms with E-state index in [0.717, 1.165) is 5.01 Å². The van der Waals surface area contributed by atoms with Gasteiger partial charge in [0.25, 0.3) is 0 Å². The lowest BCUT2D eigenvalue weighted by Gasteiger charge is -2.32. The van der Waals surface area contributed by atoms with Crippen molar-refractivity contribution in [1.29, 1.82) is 10.5 Å². The third-order valence-corrected chi connectivity index (χ3v) is 2.55. The van der Waals surface area contributed by atoms with Crippen LogP contribution in [0.5, 0.6) is 0 Å². The van der Waals surface area contributed by atoms with Crippen molar-refractivity contribution >= 4 is 12.2 Å². The van der Waals surface area contributed by atoms with Crippen molar-refractivity contribution in [3.63, 3.8) is 0 Å². The molecular weight excluding hydrogens is 324 g/mol. The highest BCUT2D eigenvalue weighted by molar-refractivity contribution is 5.75. The second-order valence-corrected chi connectivity index (χ2v) is 7.24. The van der Waals surface area contributed by atoms with Crippen LogP contribution >= 0.6 is 0 Å². The molecule has 1 atom stereocenters. The van der Waals surface area contributed by atoms with Gasteiger partial charge in [0.1, 0.15) is 28.9 Å². The van der Waals surface area contributed by atoms with Gasteiger partial charge >= 0.3 is 12.2 Å². The third kappa shape index (κ3) is 9.21. The Morgan fingerprint density at radius 2 is 1.56 bits per heavy atom. The zero-order chi connectivity index (χ0) is 19.8. The lowest BCUT2D eigenvalue weighted by Crippen LogP contribution is -2.53. The maximum atomic E-state index is 12.5. The SMILES string of the molecule is CC[C@@H](C=C(C#N)C#N)N(NC(=O)OC(C)(C)C)C(=O)OC(C)(C)C. The monoisotopic (exact) mass is 350 g/mol. The van der Waals surface area contributed by atoms with Crippen molar-refractivity contribution in [3.8, 4) is 12.1 Å². The molecule has 0 bridgehead atoms. The first-order valence-corrected chi connectivity index (χ1v) is 7.86. The Morgan fingerprint density at radius 3 is 1.92 bits per heavy atom. The topological polar surface area (TPSA) is 115 Å². The number of carbonyl (C=O) groups is 2.